The van der Waals surface area contributed by atoms with Gasteiger partial charge in [-0.3, -0.25) is 4.98 Å². The van der Waals surface area contributed by atoms with Gasteiger partial charge in [0.2, 0.25) is 3.79 Å². The predicted octanol–water partition coefficient (Wildman–Crippen LogP) is 11.7. The zero-order chi connectivity index (χ0) is 21.6. The van der Waals surface area contributed by atoms with Crippen molar-refractivity contribution < 1.29 is 0 Å². The normalized spacial score (nSPS) is 7.61. The summed E-state index contributed by atoms with van der Waals surface area (Å²) in [4.78, 5) is 7.79. The lowest BCUT2D eigenvalue weighted by Gasteiger charge is -2.08. The standard InChI is InChI=1S/C6H3Cl4N.C6H7N.2CH4.4Cl2/c7-5-3-1-2-4(11-5)6(8,9)10;1-6-4-2-3-5-7-6;;;4*1-2/h1-3H;2-5H,1H3;2*1H4;;;;. The number of nitrogens with zero attached hydrogens (tertiary/aromatic N) is 2. The molecule has 0 radical (unpaired) electrons. The van der Waals surface area contributed by atoms with Crippen LogP contribution < -0.4 is 0 Å². The van der Waals surface area contributed by atoms with Crippen molar-refractivity contribution in [3.05, 3.63) is 59.1 Å². The van der Waals surface area contributed by atoms with Crippen LogP contribution in [0.2, 0.25) is 5.15 Å². The Labute approximate surface area is 225 Å². The fourth-order valence-electron chi connectivity index (χ4n) is 1.01. The Morgan fingerprint density at radius 1 is 0.714 bits per heavy atom. The first-order valence-electron chi connectivity index (χ1n) is 5.54. The lowest BCUT2D eigenvalue weighted by molar-refractivity contribution is 1.09. The van der Waals surface area contributed by atoms with E-state index in [0.29, 0.717) is 10.8 Å². The minimum atomic E-state index is -1.50. The third-order valence-corrected chi connectivity index (χ3v) is 2.61. The second-order valence-electron chi connectivity index (χ2n) is 3.31. The molecule has 0 N–H and O–H groups in total. The average molecular weight is 640 g/mol. The van der Waals surface area contributed by atoms with Crippen molar-refractivity contribution in [1.82, 2.24) is 9.97 Å². The molecule has 168 valence electrons. The second-order valence-corrected chi connectivity index (χ2v) is 5.98. The molecule has 2 nitrogen and oxygen atoms in total. The van der Waals surface area contributed by atoms with Gasteiger partial charge in [-0.2, -0.15) is 0 Å². The van der Waals surface area contributed by atoms with E-state index in [1.54, 1.807) is 24.4 Å². The Hall–Kier alpha value is 1.78. The average Bonchev–Trinajstić information content (AvgIpc) is 2.69. The Balaban J connectivity index is -0.0000000624. The van der Waals surface area contributed by atoms with Gasteiger partial charge in [-0.15, -0.1) is 0 Å². The van der Waals surface area contributed by atoms with Gasteiger partial charge in [0, 0.05) is 98.7 Å². The fraction of sp³-hybridized carbons (Fsp3) is 0.286. The van der Waals surface area contributed by atoms with Crippen molar-refractivity contribution in [1.29, 1.82) is 0 Å². The van der Waals surface area contributed by atoms with E-state index in [2.05, 4.69) is 96.8 Å². The smallest absolute Gasteiger partial charge is 0.232 e. The summed E-state index contributed by atoms with van der Waals surface area (Å²) in [7, 11) is 32.9. The molecule has 0 saturated carbocycles. The van der Waals surface area contributed by atoms with Crippen molar-refractivity contribution >= 4 is 133 Å². The number of rotatable bonds is 0. The molecule has 0 atom stereocenters. The van der Waals surface area contributed by atoms with Crippen molar-refractivity contribution in [3.8, 4) is 0 Å². The summed E-state index contributed by atoms with van der Waals surface area (Å²) >= 11 is 22.2. The fourth-order valence-corrected chi connectivity index (χ4v) is 1.49. The van der Waals surface area contributed by atoms with E-state index in [1.165, 1.54) is 0 Å². The third kappa shape index (κ3) is 30.0. The lowest BCUT2D eigenvalue weighted by atomic mass is 10.4. The molecular formula is C14H18Cl12N2. The van der Waals surface area contributed by atoms with E-state index in [9.17, 15) is 0 Å². The number of hydrogen-bond acceptors (Lipinski definition) is 2. The zero-order valence-electron chi connectivity index (χ0n) is 12.5. The van der Waals surface area contributed by atoms with Crippen LogP contribution in [0.3, 0.4) is 0 Å². The van der Waals surface area contributed by atoms with Crippen LogP contribution in [0.1, 0.15) is 26.2 Å². The highest BCUT2D eigenvalue weighted by Gasteiger charge is 2.24. The van der Waals surface area contributed by atoms with Crippen LogP contribution in [0.5, 0.6) is 0 Å². The number of alkyl halides is 3. The van der Waals surface area contributed by atoms with E-state index in [-0.39, 0.29) is 14.9 Å². The number of halogens is 12. The molecule has 0 aromatic carbocycles. The summed E-state index contributed by atoms with van der Waals surface area (Å²) in [6.07, 6.45) is 1.79. The highest BCUT2D eigenvalue weighted by atomic mass is 36.5. The van der Waals surface area contributed by atoms with Crippen LogP contribution >= 0.6 is 133 Å². The predicted molar refractivity (Wildman–Crippen MR) is 138 cm³/mol. The quantitative estimate of drug-likeness (QED) is 0.212. The lowest BCUT2D eigenvalue weighted by Crippen LogP contribution is -2.02. The SMILES string of the molecule is C.C.Cc1ccccn1.ClCl.ClCl.ClCl.ClCl.Clc1cccc(C(Cl)(Cl)Cl)n1. The first-order valence-corrected chi connectivity index (χ1v) is 11.6. The summed E-state index contributed by atoms with van der Waals surface area (Å²) in [5.41, 5.74) is 1.40. The van der Waals surface area contributed by atoms with Crippen LogP contribution in [-0.4, -0.2) is 9.97 Å². The van der Waals surface area contributed by atoms with Crippen LogP contribution in [0.4, 0.5) is 0 Å². The molecule has 2 rings (SSSR count). The van der Waals surface area contributed by atoms with Gasteiger partial charge in [0.05, 0.1) is 5.69 Å². The summed E-state index contributed by atoms with van der Waals surface area (Å²) in [5.74, 6) is 0. The minimum absolute atomic E-state index is 0. The maximum Gasteiger partial charge on any atom is 0.232 e. The maximum atomic E-state index is 5.56. The first kappa shape index (κ1) is 43.6. The van der Waals surface area contributed by atoms with E-state index in [1.807, 2.05) is 25.1 Å². The van der Waals surface area contributed by atoms with Gasteiger partial charge >= 0.3 is 0 Å². The molecule has 14 heteroatoms. The van der Waals surface area contributed by atoms with Gasteiger partial charge in [-0.1, -0.05) is 73.4 Å². The summed E-state index contributed by atoms with van der Waals surface area (Å²) in [5, 5.41) is 0.314. The van der Waals surface area contributed by atoms with Gasteiger partial charge in [-0.05, 0) is 31.2 Å². The molecule has 0 fully saturated rings. The molecule has 0 aliphatic carbocycles. The number of aryl methyl sites for hydroxylation is 1. The number of aromatic nitrogens is 2. The Kier molecular flexibility index (Phi) is 52.1. The monoisotopic (exact) mass is 634 g/mol. The molecule has 0 aliphatic rings. The van der Waals surface area contributed by atoms with E-state index in [4.69, 9.17) is 46.4 Å². The summed E-state index contributed by atoms with van der Waals surface area (Å²) < 4.78 is -1.50. The molecule has 0 saturated heterocycles. The van der Waals surface area contributed by atoms with E-state index in [0.717, 1.165) is 5.69 Å². The Morgan fingerprint density at radius 2 is 1.18 bits per heavy atom. The van der Waals surface area contributed by atoms with Crippen LogP contribution in [0.25, 0.3) is 0 Å². The molecule has 0 spiro atoms. The molecule has 2 heterocycles. The molecule has 0 aliphatic heterocycles. The first-order chi connectivity index (χ1) is 12.4. The van der Waals surface area contributed by atoms with Gasteiger partial charge < -0.3 is 0 Å². The zero-order valence-corrected chi connectivity index (χ0v) is 21.5. The number of hydrogen-bond donors (Lipinski definition) is 0. The second kappa shape index (κ2) is 33.4. The van der Waals surface area contributed by atoms with Crippen molar-refractivity contribution in [3.63, 3.8) is 0 Å². The van der Waals surface area contributed by atoms with Crippen LogP contribution in [-0.2, 0) is 3.79 Å². The van der Waals surface area contributed by atoms with Gasteiger partial charge in [-0.25, -0.2) is 4.98 Å². The van der Waals surface area contributed by atoms with E-state index >= 15 is 0 Å². The van der Waals surface area contributed by atoms with Crippen LogP contribution in [0.15, 0.2) is 42.6 Å². The van der Waals surface area contributed by atoms with Gasteiger partial charge in [0.25, 0.3) is 0 Å². The summed E-state index contributed by atoms with van der Waals surface area (Å²) in [6, 6.07) is 10.7. The highest BCUT2D eigenvalue weighted by molar-refractivity contribution is 6.86. The molecule has 2 aromatic heterocycles. The largest absolute Gasteiger partial charge is 0.262 e. The Bertz CT molecular complexity index is 497. The minimum Gasteiger partial charge on any atom is -0.262 e. The Morgan fingerprint density at radius 3 is 1.39 bits per heavy atom. The van der Waals surface area contributed by atoms with Crippen molar-refractivity contribution in [2.75, 3.05) is 0 Å². The molecule has 28 heavy (non-hydrogen) atoms. The third-order valence-electron chi connectivity index (χ3n) is 1.82. The molecule has 0 bridgehead atoms. The number of pyridine rings is 2. The van der Waals surface area contributed by atoms with Crippen molar-refractivity contribution in [2.45, 2.75) is 25.6 Å². The highest BCUT2D eigenvalue weighted by Crippen LogP contribution is 2.37. The van der Waals surface area contributed by atoms with Crippen molar-refractivity contribution in [2.24, 2.45) is 0 Å². The van der Waals surface area contributed by atoms with Gasteiger partial charge in [0.1, 0.15) is 5.15 Å². The van der Waals surface area contributed by atoms with Gasteiger partial charge in [0.15, 0.2) is 0 Å². The maximum absolute atomic E-state index is 5.56. The molecule has 2 aromatic rings. The molecule has 0 unspecified atom stereocenters. The van der Waals surface area contributed by atoms with Crippen LogP contribution in [0, 0.1) is 6.92 Å². The molecule has 0 amide bonds. The molecular weight excluding hydrogens is 622 g/mol. The topological polar surface area (TPSA) is 25.8 Å². The summed E-state index contributed by atoms with van der Waals surface area (Å²) in [6.45, 7) is 1.97. The van der Waals surface area contributed by atoms with E-state index < -0.39 is 3.79 Å².